The van der Waals surface area contributed by atoms with Crippen molar-refractivity contribution in [3.8, 4) is 0 Å². The van der Waals surface area contributed by atoms with E-state index in [0.29, 0.717) is 31.2 Å². The molecule has 6 heteroatoms. The first-order valence-corrected chi connectivity index (χ1v) is 8.33. The van der Waals surface area contributed by atoms with Gasteiger partial charge in [0.2, 0.25) is 5.91 Å². The Balaban J connectivity index is 1.84. The largest absolute Gasteiger partial charge is 0.444 e. The number of amides is 2. The number of piperazine rings is 1. The molecule has 1 heterocycles. The Labute approximate surface area is 147 Å². The van der Waals surface area contributed by atoms with Crippen LogP contribution in [0.2, 0.25) is 5.02 Å². The van der Waals surface area contributed by atoms with Gasteiger partial charge in [-0.15, -0.1) is 0 Å². The average molecular weight is 351 g/mol. The van der Waals surface area contributed by atoms with E-state index < -0.39 is 5.60 Å². The first-order valence-electron chi connectivity index (χ1n) is 7.95. The number of hydrogen-bond acceptors (Lipinski definition) is 3. The Bertz CT molecular complexity index is 612. The maximum absolute atomic E-state index is 12.2. The van der Waals surface area contributed by atoms with Gasteiger partial charge in [-0.2, -0.15) is 0 Å². The van der Waals surface area contributed by atoms with Crippen LogP contribution in [0.25, 0.3) is 6.08 Å². The molecule has 2 amide bonds. The molecule has 5 nitrogen and oxygen atoms in total. The molecule has 0 spiro atoms. The van der Waals surface area contributed by atoms with Crippen LogP contribution in [0.15, 0.2) is 30.3 Å². The highest BCUT2D eigenvalue weighted by Gasteiger charge is 2.26. The van der Waals surface area contributed by atoms with Crippen molar-refractivity contribution in [3.05, 3.63) is 40.9 Å². The minimum atomic E-state index is -0.509. The predicted octanol–water partition coefficient (Wildman–Crippen LogP) is 3.43. The van der Waals surface area contributed by atoms with Crippen molar-refractivity contribution in [3.63, 3.8) is 0 Å². The third-order valence-corrected chi connectivity index (χ3v) is 3.78. The summed E-state index contributed by atoms with van der Waals surface area (Å²) in [5.41, 5.74) is 0.408. The van der Waals surface area contributed by atoms with E-state index in [1.54, 1.807) is 34.1 Å². The number of rotatable bonds is 2. The second-order valence-electron chi connectivity index (χ2n) is 6.68. The summed E-state index contributed by atoms with van der Waals surface area (Å²) in [6.45, 7) is 7.49. The molecule has 0 saturated carbocycles. The Hall–Kier alpha value is -2.01. The summed E-state index contributed by atoms with van der Waals surface area (Å²) in [5.74, 6) is -0.0613. The quantitative estimate of drug-likeness (QED) is 0.768. The van der Waals surface area contributed by atoms with Crippen molar-refractivity contribution in [1.82, 2.24) is 9.80 Å². The van der Waals surface area contributed by atoms with E-state index in [1.165, 1.54) is 0 Å². The zero-order valence-electron chi connectivity index (χ0n) is 14.3. The van der Waals surface area contributed by atoms with Gasteiger partial charge >= 0.3 is 6.09 Å². The summed E-state index contributed by atoms with van der Waals surface area (Å²) >= 11 is 5.83. The van der Waals surface area contributed by atoms with Gasteiger partial charge in [-0.3, -0.25) is 4.79 Å². The van der Waals surface area contributed by atoms with Gasteiger partial charge in [0.05, 0.1) is 0 Å². The van der Waals surface area contributed by atoms with Crippen LogP contribution in [-0.2, 0) is 9.53 Å². The van der Waals surface area contributed by atoms with Crippen molar-refractivity contribution in [2.24, 2.45) is 0 Å². The topological polar surface area (TPSA) is 49.9 Å². The first kappa shape index (κ1) is 18.3. The highest BCUT2D eigenvalue weighted by atomic mass is 35.5. The molecule has 0 aromatic heterocycles. The Morgan fingerprint density at radius 2 is 1.58 bits per heavy atom. The lowest BCUT2D eigenvalue weighted by Gasteiger charge is -2.35. The van der Waals surface area contributed by atoms with Crippen LogP contribution in [0.3, 0.4) is 0 Å². The number of halogens is 1. The third kappa shape index (κ3) is 5.57. The number of carbonyl (C=O) groups excluding carboxylic acids is 2. The van der Waals surface area contributed by atoms with Gasteiger partial charge in [0.1, 0.15) is 5.60 Å². The van der Waals surface area contributed by atoms with E-state index in [2.05, 4.69) is 0 Å². The molecule has 0 aliphatic carbocycles. The van der Waals surface area contributed by atoms with Gasteiger partial charge in [-0.1, -0.05) is 23.7 Å². The van der Waals surface area contributed by atoms with E-state index in [-0.39, 0.29) is 12.0 Å². The molecular weight excluding hydrogens is 328 g/mol. The number of carbonyl (C=O) groups is 2. The van der Waals surface area contributed by atoms with Crippen LogP contribution in [0.1, 0.15) is 26.3 Å². The number of ether oxygens (including phenoxy) is 1. The van der Waals surface area contributed by atoms with Crippen LogP contribution in [0, 0.1) is 0 Å². The molecule has 1 aliphatic rings. The highest BCUT2D eigenvalue weighted by molar-refractivity contribution is 6.30. The van der Waals surface area contributed by atoms with E-state index >= 15 is 0 Å². The number of nitrogens with zero attached hydrogens (tertiary/aromatic N) is 2. The second kappa shape index (κ2) is 7.71. The average Bonchev–Trinajstić information content (AvgIpc) is 2.52. The lowest BCUT2D eigenvalue weighted by molar-refractivity contribution is -0.127. The molecular formula is C18H23ClN2O3. The van der Waals surface area contributed by atoms with Gasteiger partial charge in [-0.05, 0) is 44.5 Å². The first-order chi connectivity index (χ1) is 11.2. The molecule has 24 heavy (non-hydrogen) atoms. The predicted molar refractivity (Wildman–Crippen MR) is 94.9 cm³/mol. The lowest BCUT2D eigenvalue weighted by atomic mass is 10.2. The summed E-state index contributed by atoms with van der Waals surface area (Å²) in [5, 5.41) is 0.664. The smallest absolute Gasteiger partial charge is 0.410 e. The molecule has 1 aromatic carbocycles. The van der Waals surface area contributed by atoms with Crippen molar-refractivity contribution < 1.29 is 14.3 Å². The normalized spacial score (nSPS) is 15.7. The molecule has 130 valence electrons. The second-order valence-corrected chi connectivity index (χ2v) is 7.11. The molecule has 0 unspecified atom stereocenters. The summed E-state index contributed by atoms with van der Waals surface area (Å²) in [6.07, 6.45) is 2.98. The van der Waals surface area contributed by atoms with E-state index in [1.807, 2.05) is 32.9 Å². The SMILES string of the molecule is CC(C)(C)OC(=O)N1CCN(C(=O)/C=C/c2ccc(Cl)cc2)CC1. The molecule has 1 aromatic rings. The van der Waals surface area contributed by atoms with E-state index in [9.17, 15) is 9.59 Å². The highest BCUT2D eigenvalue weighted by Crippen LogP contribution is 2.13. The van der Waals surface area contributed by atoms with Gasteiger partial charge in [0, 0.05) is 37.3 Å². The van der Waals surface area contributed by atoms with Crippen molar-refractivity contribution in [1.29, 1.82) is 0 Å². The fourth-order valence-corrected chi connectivity index (χ4v) is 2.41. The van der Waals surface area contributed by atoms with Crippen LogP contribution in [-0.4, -0.2) is 53.6 Å². The minimum absolute atomic E-state index is 0.0613. The molecule has 1 fully saturated rings. The summed E-state index contributed by atoms with van der Waals surface area (Å²) in [7, 11) is 0. The van der Waals surface area contributed by atoms with Crippen LogP contribution < -0.4 is 0 Å². The summed E-state index contributed by atoms with van der Waals surface area (Å²) in [6, 6.07) is 7.27. The summed E-state index contributed by atoms with van der Waals surface area (Å²) in [4.78, 5) is 27.6. The maximum atomic E-state index is 12.2. The molecule has 1 saturated heterocycles. The summed E-state index contributed by atoms with van der Waals surface area (Å²) < 4.78 is 5.35. The van der Waals surface area contributed by atoms with Crippen molar-refractivity contribution >= 4 is 29.7 Å². The Morgan fingerprint density at radius 3 is 2.12 bits per heavy atom. The van der Waals surface area contributed by atoms with Crippen LogP contribution in [0.5, 0.6) is 0 Å². The van der Waals surface area contributed by atoms with Crippen LogP contribution in [0.4, 0.5) is 4.79 Å². The van der Waals surface area contributed by atoms with Gasteiger partial charge in [0.25, 0.3) is 0 Å². The van der Waals surface area contributed by atoms with E-state index in [0.717, 1.165) is 5.56 Å². The zero-order chi connectivity index (χ0) is 17.7. The maximum Gasteiger partial charge on any atom is 0.410 e. The Morgan fingerprint density at radius 1 is 1.04 bits per heavy atom. The number of benzene rings is 1. The third-order valence-electron chi connectivity index (χ3n) is 3.53. The molecule has 0 atom stereocenters. The Kier molecular flexibility index (Phi) is 5.89. The van der Waals surface area contributed by atoms with Gasteiger partial charge in [0.15, 0.2) is 0 Å². The lowest BCUT2D eigenvalue weighted by Crippen LogP contribution is -2.51. The standard InChI is InChI=1S/C18H23ClN2O3/c1-18(2,3)24-17(23)21-12-10-20(11-13-21)16(22)9-6-14-4-7-15(19)8-5-14/h4-9H,10-13H2,1-3H3/b9-6+. The van der Waals surface area contributed by atoms with Crippen LogP contribution >= 0.6 is 11.6 Å². The zero-order valence-corrected chi connectivity index (χ0v) is 15.0. The monoisotopic (exact) mass is 350 g/mol. The van der Waals surface area contributed by atoms with Crippen molar-refractivity contribution in [2.75, 3.05) is 26.2 Å². The molecule has 0 bridgehead atoms. The molecule has 0 radical (unpaired) electrons. The van der Waals surface area contributed by atoms with Gasteiger partial charge < -0.3 is 14.5 Å². The van der Waals surface area contributed by atoms with Crippen molar-refractivity contribution in [2.45, 2.75) is 26.4 Å². The fourth-order valence-electron chi connectivity index (χ4n) is 2.28. The minimum Gasteiger partial charge on any atom is -0.444 e. The molecule has 2 rings (SSSR count). The van der Waals surface area contributed by atoms with Gasteiger partial charge in [-0.25, -0.2) is 4.79 Å². The van der Waals surface area contributed by atoms with E-state index in [4.69, 9.17) is 16.3 Å². The molecule has 1 aliphatic heterocycles. The fraction of sp³-hybridized carbons (Fsp3) is 0.444. The molecule has 0 N–H and O–H groups in total. The number of hydrogen-bond donors (Lipinski definition) is 0.